The minimum absolute atomic E-state index is 0.221. The molecule has 0 bridgehead atoms. The van der Waals surface area contributed by atoms with Gasteiger partial charge in [-0.2, -0.15) is 0 Å². The number of unbranched alkanes of at least 4 members (excludes halogenated alkanes) is 3. The summed E-state index contributed by atoms with van der Waals surface area (Å²) in [6.45, 7) is 3.99. The predicted molar refractivity (Wildman–Crippen MR) is 57.4 cm³/mol. The molecule has 0 unspecified atom stereocenters. The second kappa shape index (κ2) is 8.68. The van der Waals surface area contributed by atoms with Crippen molar-refractivity contribution in [3.8, 4) is 0 Å². The Kier molecular flexibility index (Phi) is 8.33. The van der Waals surface area contributed by atoms with Gasteiger partial charge < -0.3 is 14.9 Å². The lowest BCUT2D eigenvalue weighted by Crippen LogP contribution is -2.35. The first-order chi connectivity index (χ1) is 7.13. The number of carbonyl (C=O) groups is 1. The van der Waals surface area contributed by atoms with Crippen LogP contribution in [0.3, 0.4) is 0 Å². The van der Waals surface area contributed by atoms with Crippen molar-refractivity contribution in [2.24, 2.45) is 0 Å². The van der Waals surface area contributed by atoms with Crippen LogP contribution in [0.2, 0.25) is 0 Å². The molecule has 0 fully saturated rings. The fourth-order valence-electron chi connectivity index (χ4n) is 1.32. The third kappa shape index (κ3) is 6.47. The minimum Gasteiger partial charge on any atom is -0.464 e. The quantitative estimate of drug-likeness (QED) is 0.475. The van der Waals surface area contributed by atoms with Gasteiger partial charge in [0.05, 0.1) is 12.7 Å². The van der Waals surface area contributed by atoms with Crippen LogP contribution in [0.15, 0.2) is 0 Å². The highest BCUT2D eigenvalue weighted by Gasteiger charge is 2.24. The second-order valence-corrected chi connectivity index (χ2v) is 3.61. The lowest BCUT2D eigenvalue weighted by molar-refractivity contribution is -0.159. The van der Waals surface area contributed by atoms with Crippen LogP contribution in [0.25, 0.3) is 0 Å². The van der Waals surface area contributed by atoms with E-state index in [9.17, 15) is 15.0 Å². The molecule has 0 spiro atoms. The maximum atomic E-state index is 11.0. The summed E-state index contributed by atoms with van der Waals surface area (Å²) in [6, 6.07) is 0. The zero-order chi connectivity index (χ0) is 11.7. The summed E-state index contributed by atoms with van der Waals surface area (Å²) < 4.78 is 4.60. The minimum atomic E-state index is -1.40. The summed E-state index contributed by atoms with van der Waals surface area (Å²) in [6.07, 6.45) is 2.13. The van der Waals surface area contributed by atoms with Crippen molar-refractivity contribution in [3.63, 3.8) is 0 Å². The monoisotopic (exact) mass is 218 g/mol. The Morgan fingerprint density at radius 1 is 1.20 bits per heavy atom. The van der Waals surface area contributed by atoms with Gasteiger partial charge in [-0.15, -0.1) is 0 Å². The van der Waals surface area contributed by atoms with Gasteiger partial charge >= 0.3 is 5.97 Å². The molecule has 4 nitrogen and oxygen atoms in total. The first kappa shape index (κ1) is 14.4. The molecular weight excluding hydrogens is 196 g/mol. The molecular formula is C11H22O4. The highest BCUT2D eigenvalue weighted by molar-refractivity contribution is 5.75. The van der Waals surface area contributed by atoms with E-state index in [-0.39, 0.29) is 6.61 Å². The van der Waals surface area contributed by atoms with Crippen LogP contribution >= 0.6 is 0 Å². The van der Waals surface area contributed by atoms with E-state index in [1.807, 2.05) is 0 Å². The SMILES string of the molecule is CCCCCC[C@@H](O)[C@@H](O)C(=O)OCC. The summed E-state index contributed by atoms with van der Waals surface area (Å²) in [4.78, 5) is 11.0. The molecule has 2 atom stereocenters. The number of aliphatic hydroxyl groups excluding tert-OH is 2. The molecule has 0 heterocycles. The van der Waals surface area contributed by atoms with Crippen LogP contribution < -0.4 is 0 Å². The lowest BCUT2D eigenvalue weighted by atomic mass is 10.1. The molecule has 0 aliphatic carbocycles. The normalized spacial score (nSPS) is 14.7. The Hall–Kier alpha value is -0.610. The van der Waals surface area contributed by atoms with Crippen molar-refractivity contribution in [2.45, 2.75) is 58.2 Å². The van der Waals surface area contributed by atoms with Crippen LogP contribution in [0, 0.1) is 0 Å². The van der Waals surface area contributed by atoms with E-state index in [4.69, 9.17) is 0 Å². The van der Waals surface area contributed by atoms with Gasteiger partial charge in [0.2, 0.25) is 0 Å². The third-order valence-corrected chi connectivity index (χ3v) is 2.25. The molecule has 2 N–H and O–H groups in total. The average molecular weight is 218 g/mol. The van der Waals surface area contributed by atoms with Crippen LogP contribution in [0.4, 0.5) is 0 Å². The number of rotatable bonds is 8. The Bertz CT molecular complexity index is 170. The van der Waals surface area contributed by atoms with E-state index in [1.54, 1.807) is 6.92 Å². The number of carbonyl (C=O) groups excluding carboxylic acids is 1. The van der Waals surface area contributed by atoms with E-state index in [1.165, 1.54) is 0 Å². The maximum absolute atomic E-state index is 11.0. The molecule has 90 valence electrons. The first-order valence-corrected chi connectivity index (χ1v) is 5.66. The first-order valence-electron chi connectivity index (χ1n) is 5.66. The zero-order valence-corrected chi connectivity index (χ0v) is 9.61. The Labute approximate surface area is 91.3 Å². The van der Waals surface area contributed by atoms with Gasteiger partial charge in [-0.1, -0.05) is 32.6 Å². The Morgan fingerprint density at radius 3 is 2.40 bits per heavy atom. The van der Waals surface area contributed by atoms with Crippen molar-refractivity contribution in [2.75, 3.05) is 6.61 Å². The molecule has 0 aliphatic heterocycles. The van der Waals surface area contributed by atoms with Crippen LogP contribution in [0.5, 0.6) is 0 Å². The Morgan fingerprint density at radius 2 is 1.87 bits per heavy atom. The van der Waals surface area contributed by atoms with Crippen LogP contribution in [0.1, 0.15) is 46.0 Å². The van der Waals surface area contributed by atoms with Gasteiger partial charge in [0.25, 0.3) is 0 Å². The number of hydrogen-bond acceptors (Lipinski definition) is 4. The van der Waals surface area contributed by atoms with E-state index >= 15 is 0 Å². The molecule has 0 aromatic carbocycles. The van der Waals surface area contributed by atoms with E-state index in [0.717, 1.165) is 25.7 Å². The molecule has 0 saturated carbocycles. The average Bonchev–Trinajstić information content (AvgIpc) is 2.23. The molecule has 15 heavy (non-hydrogen) atoms. The van der Waals surface area contributed by atoms with Gasteiger partial charge in [0.1, 0.15) is 0 Å². The number of hydrogen-bond donors (Lipinski definition) is 2. The van der Waals surface area contributed by atoms with Crippen molar-refractivity contribution in [1.29, 1.82) is 0 Å². The molecule has 4 heteroatoms. The molecule has 0 saturated heterocycles. The van der Waals surface area contributed by atoms with Crippen molar-refractivity contribution in [3.05, 3.63) is 0 Å². The summed E-state index contributed by atoms with van der Waals surface area (Å²) in [5, 5.41) is 18.8. The molecule has 0 aliphatic rings. The summed E-state index contributed by atoms with van der Waals surface area (Å²) in [5.74, 6) is -0.736. The predicted octanol–water partition coefficient (Wildman–Crippen LogP) is 1.24. The standard InChI is InChI=1S/C11H22O4/c1-3-5-6-7-8-9(12)10(13)11(14)15-4-2/h9-10,12-13H,3-8H2,1-2H3/t9-,10-/m1/s1. The highest BCUT2D eigenvalue weighted by atomic mass is 16.5. The van der Waals surface area contributed by atoms with Crippen molar-refractivity contribution >= 4 is 5.97 Å². The molecule has 0 rings (SSSR count). The molecule has 0 radical (unpaired) electrons. The topological polar surface area (TPSA) is 66.8 Å². The van der Waals surface area contributed by atoms with E-state index in [0.29, 0.717) is 6.42 Å². The molecule has 0 amide bonds. The summed E-state index contributed by atoms with van der Waals surface area (Å²) in [5.41, 5.74) is 0. The lowest BCUT2D eigenvalue weighted by Gasteiger charge is -2.15. The van der Waals surface area contributed by atoms with Crippen LogP contribution in [-0.4, -0.2) is 35.0 Å². The second-order valence-electron chi connectivity index (χ2n) is 3.61. The van der Waals surface area contributed by atoms with E-state index < -0.39 is 18.2 Å². The highest BCUT2D eigenvalue weighted by Crippen LogP contribution is 2.09. The zero-order valence-electron chi connectivity index (χ0n) is 9.61. The number of aliphatic hydroxyl groups is 2. The fraction of sp³-hybridized carbons (Fsp3) is 0.909. The number of esters is 1. The maximum Gasteiger partial charge on any atom is 0.337 e. The van der Waals surface area contributed by atoms with Crippen LogP contribution in [-0.2, 0) is 9.53 Å². The van der Waals surface area contributed by atoms with Crippen molar-refractivity contribution < 1.29 is 19.7 Å². The smallest absolute Gasteiger partial charge is 0.337 e. The molecule has 0 aromatic rings. The van der Waals surface area contributed by atoms with Gasteiger partial charge in [-0.05, 0) is 13.3 Å². The molecule has 0 aromatic heterocycles. The summed E-state index contributed by atoms with van der Waals surface area (Å²) >= 11 is 0. The largest absolute Gasteiger partial charge is 0.464 e. The summed E-state index contributed by atoms with van der Waals surface area (Å²) in [7, 11) is 0. The fourth-order valence-corrected chi connectivity index (χ4v) is 1.32. The van der Waals surface area contributed by atoms with Crippen molar-refractivity contribution in [1.82, 2.24) is 0 Å². The van der Waals surface area contributed by atoms with Gasteiger partial charge in [0.15, 0.2) is 6.10 Å². The Balaban J connectivity index is 3.68. The number of ether oxygens (including phenoxy) is 1. The van der Waals surface area contributed by atoms with Gasteiger partial charge in [-0.25, -0.2) is 4.79 Å². The third-order valence-electron chi connectivity index (χ3n) is 2.25. The van der Waals surface area contributed by atoms with Gasteiger partial charge in [0, 0.05) is 0 Å². The van der Waals surface area contributed by atoms with Gasteiger partial charge in [-0.3, -0.25) is 0 Å². The van der Waals surface area contributed by atoms with E-state index in [2.05, 4.69) is 11.7 Å².